The van der Waals surface area contributed by atoms with Gasteiger partial charge in [-0.1, -0.05) is 23.1 Å². The molecule has 0 atom stereocenters. The molecule has 172 valence electrons. The molecule has 0 saturated carbocycles. The van der Waals surface area contributed by atoms with Gasteiger partial charge in [-0.15, -0.1) is 4.57 Å². The minimum Gasteiger partial charge on any atom is -0.497 e. The van der Waals surface area contributed by atoms with Crippen LogP contribution in [0.15, 0.2) is 32.5 Å². The summed E-state index contributed by atoms with van der Waals surface area (Å²) in [6.07, 6.45) is 1.60. The Morgan fingerprint density at radius 3 is 2.53 bits per heavy atom. The number of nitrogens with zero attached hydrogens (tertiary/aromatic N) is 2. The first-order valence-corrected chi connectivity index (χ1v) is 13.9. The maximum Gasteiger partial charge on any atom is 0.393 e. The Hall–Kier alpha value is -2.10. The van der Waals surface area contributed by atoms with Crippen LogP contribution in [0.5, 0.6) is 5.75 Å². The van der Waals surface area contributed by atoms with Gasteiger partial charge in [0.25, 0.3) is 21.0 Å². The van der Waals surface area contributed by atoms with E-state index in [-0.39, 0.29) is 5.71 Å². The highest BCUT2D eigenvalue weighted by molar-refractivity contribution is 8.04. The van der Waals surface area contributed by atoms with Crippen LogP contribution in [0.4, 0.5) is 5.69 Å². The molecule has 3 aromatic rings. The summed E-state index contributed by atoms with van der Waals surface area (Å²) in [5.74, 6) is -0.309. The fraction of sp³-hybridized carbons (Fsp3) is 0.278. The topological polar surface area (TPSA) is 138 Å². The fourth-order valence-corrected chi connectivity index (χ4v) is 6.93. The number of hydrogen-bond donors (Lipinski definition) is 2. The number of aromatic nitrogens is 1. The second-order valence-corrected chi connectivity index (χ2v) is 12.0. The number of fused-ring (bicyclic) bond motifs is 2. The zero-order valence-electron chi connectivity index (χ0n) is 17.1. The summed E-state index contributed by atoms with van der Waals surface area (Å²) in [6.45, 7) is 3.59. The van der Waals surface area contributed by atoms with E-state index in [0.717, 1.165) is 10.5 Å². The molecule has 0 aliphatic carbocycles. The summed E-state index contributed by atoms with van der Waals surface area (Å²) < 4.78 is 78.7. The highest BCUT2D eigenvalue weighted by atomic mass is 32.2. The summed E-state index contributed by atoms with van der Waals surface area (Å²) in [6, 6.07) is 5.13. The third-order valence-corrected chi connectivity index (χ3v) is 8.31. The van der Waals surface area contributed by atoms with Crippen molar-refractivity contribution in [2.45, 2.75) is 24.6 Å². The molecular weight excluding hydrogens is 500 g/mol. The molecule has 1 aromatic carbocycles. The van der Waals surface area contributed by atoms with Crippen LogP contribution in [-0.2, 0) is 26.1 Å². The molecule has 0 saturated heterocycles. The molecule has 0 bridgehead atoms. The third-order valence-electron chi connectivity index (χ3n) is 4.80. The molecule has 1 aliphatic heterocycles. The van der Waals surface area contributed by atoms with Crippen LogP contribution in [0.25, 0.3) is 16.5 Å². The van der Waals surface area contributed by atoms with Gasteiger partial charge in [0.1, 0.15) is 11.5 Å². The van der Waals surface area contributed by atoms with Crippen molar-refractivity contribution in [3.63, 3.8) is 0 Å². The van der Waals surface area contributed by atoms with Gasteiger partial charge in [-0.25, -0.2) is 0 Å². The summed E-state index contributed by atoms with van der Waals surface area (Å²) >= 11 is 2.50. The predicted octanol–water partition coefficient (Wildman–Crippen LogP) is 3.01. The number of anilines is 1. The maximum absolute atomic E-state index is 11.7. The van der Waals surface area contributed by atoms with Crippen molar-refractivity contribution < 1.29 is 39.7 Å². The lowest BCUT2D eigenvalue weighted by molar-refractivity contribution is -0.655. The van der Waals surface area contributed by atoms with Crippen LogP contribution in [0.2, 0.25) is 0 Å². The van der Waals surface area contributed by atoms with Crippen molar-refractivity contribution >= 4 is 65.5 Å². The number of rotatable bonds is 6. The van der Waals surface area contributed by atoms with E-state index < -0.39 is 32.0 Å². The van der Waals surface area contributed by atoms with Crippen LogP contribution in [0, 0.1) is 13.8 Å². The second-order valence-electron chi connectivity index (χ2n) is 7.05. The predicted molar refractivity (Wildman–Crippen MR) is 121 cm³/mol. The minimum atomic E-state index is -4.40. The van der Waals surface area contributed by atoms with Crippen molar-refractivity contribution in [3.8, 4) is 5.75 Å². The van der Waals surface area contributed by atoms with Crippen molar-refractivity contribution in [2.75, 3.05) is 17.9 Å². The van der Waals surface area contributed by atoms with Gasteiger partial charge in [-0.05, 0) is 26.0 Å². The molecule has 1 aliphatic rings. The fourth-order valence-electron chi connectivity index (χ4n) is 3.26. The first-order valence-electron chi connectivity index (χ1n) is 9.04. The molecule has 0 amide bonds. The molecule has 0 fully saturated rings. The Balaban J connectivity index is 1.89. The van der Waals surface area contributed by atoms with Gasteiger partial charge >= 0.3 is 15.8 Å². The lowest BCUT2D eigenvalue weighted by Crippen LogP contribution is -2.39. The van der Waals surface area contributed by atoms with E-state index in [2.05, 4.69) is 0 Å². The van der Waals surface area contributed by atoms with Crippen molar-refractivity contribution in [1.29, 1.82) is 0 Å². The van der Waals surface area contributed by atoms with Crippen LogP contribution in [0.1, 0.15) is 16.3 Å². The molecule has 2 aromatic heterocycles. The Labute approximate surface area is 192 Å². The number of benzene rings is 1. The Kier molecular flexibility index (Phi) is 5.80. The number of hydrogen-bond acceptors (Lipinski definition) is 9. The molecule has 4 rings (SSSR count). The molecule has 0 radical (unpaired) electrons. The molecule has 0 spiro atoms. The number of ether oxygens (including phenoxy) is 1. The normalized spacial score (nSPS) is 15.7. The van der Waals surface area contributed by atoms with E-state index in [0.29, 0.717) is 31.9 Å². The summed E-state index contributed by atoms with van der Waals surface area (Å²) in [7, 11) is -7.30. The summed E-state index contributed by atoms with van der Waals surface area (Å²) in [5.41, 5.74) is 1.64. The van der Waals surface area contributed by atoms with Gasteiger partial charge in [0.15, 0.2) is 10.6 Å². The molecule has 32 heavy (non-hydrogen) atoms. The number of furan rings is 1. The van der Waals surface area contributed by atoms with Crippen molar-refractivity contribution in [1.82, 2.24) is 0 Å². The van der Waals surface area contributed by atoms with Crippen LogP contribution in [0.3, 0.4) is 0 Å². The lowest BCUT2D eigenvalue weighted by Gasteiger charge is -2.18. The number of methoxy groups -OCH3 is 1. The second kappa shape index (κ2) is 8.04. The lowest BCUT2D eigenvalue weighted by atomic mass is 10.3. The molecular formula is C18H19N2O8S4+. The van der Waals surface area contributed by atoms with Gasteiger partial charge in [-0.2, -0.15) is 16.8 Å². The summed E-state index contributed by atoms with van der Waals surface area (Å²) in [4.78, 5) is 2.13. The quantitative estimate of drug-likeness (QED) is 0.369. The van der Waals surface area contributed by atoms with Crippen molar-refractivity contribution in [3.05, 3.63) is 39.6 Å². The van der Waals surface area contributed by atoms with Crippen LogP contribution in [-0.4, -0.2) is 38.9 Å². The van der Waals surface area contributed by atoms with E-state index in [4.69, 9.17) is 9.15 Å². The first kappa shape index (κ1) is 23.1. The molecule has 14 heteroatoms. The zero-order chi connectivity index (χ0) is 23.4. The average molecular weight is 520 g/mol. The third kappa shape index (κ3) is 4.51. The number of thioether (sulfide) groups is 1. The van der Waals surface area contributed by atoms with Gasteiger partial charge in [0.05, 0.1) is 23.9 Å². The van der Waals surface area contributed by atoms with Gasteiger partial charge in [-0.3, -0.25) is 9.11 Å². The van der Waals surface area contributed by atoms with Crippen molar-refractivity contribution in [2.24, 2.45) is 0 Å². The highest BCUT2D eigenvalue weighted by Gasteiger charge is 2.33. The smallest absolute Gasteiger partial charge is 0.393 e. The average Bonchev–Trinajstić information content (AvgIpc) is 3.26. The molecule has 10 nitrogen and oxygen atoms in total. The van der Waals surface area contributed by atoms with E-state index in [1.807, 2.05) is 6.92 Å². The number of aryl methyl sites for hydroxylation is 2. The van der Waals surface area contributed by atoms with E-state index in [1.165, 1.54) is 39.7 Å². The Morgan fingerprint density at radius 1 is 1.19 bits per heavy atom. The Bertz CT molecular complexity index is 1470. The maximum atomic E-state index is 11.7. The SMILES string of the molecule is COc1ccc2c(c1)N(CS(=O)(=O)O)C(=Cc1sc3c(C)c(C)oc3[n+]1CS(=O)(=O)O)S2. The van der Waals surface area contributed by atoms with E-state index >= 15 is 0 Å². The largest absolute Gasteiger partial charge is 0.497 e. The standard InChI is InChI=1S/C18H18N2O8S4/c1-10-11(2)28-18-17(10)30-16(20(18)9-32(24,25)26)7-15-19(8-31(21,22)23)13-6-12(27-3)4-5-14(13)29-15/h4-7H,8-9H2,1-3H3,(H-,21,22,23,24,25,26)/p+1. The number of thiazole rings is 1. The summed E-state index contributed by atoms with van der Waals surface area (Å²) in [5, 5.41) is 0.857. The minimum absolute atomic E-state index is 0.290. The highest BCUT2D eigenvalue weighted by Crippen LogP contribution is 2.48. The Morgan fingerprint density at radius 2 is 1.91 bits per heavy atom. The monoisotopic (exact) mass is 519 g/mol. The van der Waals surface area contributed by atoms with E-state index in [1.54, 1.807) is 31.2 Å². The first-order chi connectivity index (χ1) is 14.9. The zero-order valence-corrected chi connectivity index (χ0v) is 20.4. The van der Waals surface area contributed by atoms with Crippen LogP contribution >= 0.6 is 23.1 Å². The molecule has 2 N–H and O–H groups in total. The van der Waals surface area contributed by atoms with Gasteiger partial charge < -0.3 is 14.1 Å². The van der Waals surface area contributed by atoms with Gasteiger partial charge in [0.2, 0.25) is 0 Å². The molecule has 0 unspecified atom stereocenters. The molecule has 3 heterocycles. The van der Waals surface area contributed by atoms with Crippen LogP contribution < -0.4 is 14.2 Å². The van der Waals surface area contributed by atoms with E-state index in [9.17, 15) is 25.9 Å². The van der Waals surface area contributed by atoms with Gasteiger partial charge in [0, 0.05) is 16.5 Å².